The minimum atomic E-state index is 0.318. The molecule has 0 aliphatic rings. The molecule has 3 nitrogen and oxygen atoms in total. The molecule has 0 amide bonds. The third-order valence-corrected chi connectivity index (χ3v) is 2.48. The first kappa shape index (κ1) is 10.2. The number of benzene rings is 1. The standard InChI is InChI=1S/C12H16N2O/c1-7(2)12-14-10-5-9(6-13)4-8(3)11(10)15-12/h4-5,7H,6,13H2,1-3H3. The van der Waals surface area contributed by atoms with Crippen molar-refractivity contribution in [3.8, 4) is 0 Å². The molecular weight excluding hydrogens is 188 g/mol. The maximum absolute atomic E-state index is 5.71. The van der Waals surface area contributed by atoms with E-state index in [0.29, 0.717) is 12.5 Å². The van der Waals surface area contributed by atoms with Crippen molar-refractivity contribution < 1.29 is 4.42 Å². The van der Waals surface area contributed by atoms with Gasteiger partial charge in [-0.25, -0.2) is 4.98 Å². The highest BCUT2D eigenvalue weighted by atomic mass is 16.3. The van der Waals surface area contributed by atoms with Gasteiger partial charge in [0.15, 0.2) is 11.5 Å². The summed E-state index contributed by atoms with van der Waals surface area (Å²) in [4.78, 5) is 4.46. The van der Waals surface area contributed by atoms with Gasteiger partial charge in [-0.2, -0.15) is 0 Å². The number of hydrogen-bond acceptors (Lipinski definition) is 3. The molecule has 2 aromatic rings. The number of oxazole rings is 1. The topological polar surface area (TPSA) is 52.0 Å². The van der Waals surface area contributed by atoms with E-state index in [0.717, 1.165) is 28.1 Å². The molecule has 0 unspecified atom stereocenters. The number of aromatic nitrogens is 1. The molecule has 0 saturated carbocycles. The van der Waals surface area contributed by atoms with E-state index >= 15 is 0 Å². The maximum atomic E-state index is 5.71. The largest absolute Gasteiger partial charge is 0.440 e. The molecule has 0 radical (unpaired) electrons. The Bertz CT molecular complexity index is 486. The predicted octanol–water partition coefficient (Wildman–Crippen LogP) is 2.72. The second-order valence-corrected chi connectivity index (χ2v) is 4.17. The summed E-state index contributed by atoms with van der Waals surface area (Å²) in [5.41, 5.74) is 9.62. The summed E-state index contributed by atoms with van der Waals surface area (Å²) in [5, 5.41) is 0. The third-order valence-electron chi connectivity index (χ3n) is 2.48. The minimum absolute atomic E-state index is 0.318. The zero-order valence-corrected chi connectivity index (χ0v) is 9.37. The molecule has 0 fully saturated rings. The van der Waals surface area contributed by atoms with E-state index < -0.39 is 0 Å². The summed E-state index contributed by atoms with van der Waals surface area (Å²) in [7, 11) is 0. The van der Waals surface area contributed by atoms with Crippen molar-refractivity contribution >= 4 is 11.1 Å². The first-order valence-corrected chi connectivity index (χ1v) is 5.22. The fourth-order valence-electron chi connectivity index (χ4n) is 1.66. The molecule has 0 bridgehead atoms. The smallest absolute Gasteiger partial charge is 0.198 e. The van der Waals surface area contributed by atoms with Gasteiger partial charge in [0.05, 0.1) is 0 Å². The van der Waals surface area contributed by atoms with Crippen molar-refractivity contribution in [3.05, 3.63) is 29.2 Å². The number of rotatable bonds is 2. The van der Waals surface area contributed by atoms with Crippen LogP contribution >= 0.6 is 0 Å². The quantitative estimate of drug-likeness (QED) is 0.818. The van der Waals surface area contributed by atoms with Gasteiger partial charge >= 0.3 is 0 Å². The molecular formula is C12H16N2O. The van der Waals surface area contributed by atoms with E-state index in [1.165, 1.54) is 0 Å². The summed E-state index contributed by atoms with van der Waals surface area (Å²) < 4.78 is 5.71. The van der Waals surface area contributed by atoms with Gasteiger partial charge in [0, 0.05) is 12.5 Å². The Morgan fingerprint density at radius 3 is 2.73 bits per heavy atom. The average molecular weight is 204 g/mol. The molecule has 1 aromatic heterocycles. The van der Waals surface area contributed by atoms with Crippen LogP contribution in [0.3, 0.4) is 0 Å². The lowest BCUT2D eigenvalue weighted by Gasteiger charge is -1.98. The zero-order valence-electron chi connectivity index (χ0n) is 9.37. The van der Waals surface area contributed by atoms with Crippen molar-refractivity contribution in [1.82, 2.24) is 4.98 Å². The van der Waals surface area contributed by atoms with Gasteiger partial charge < -0.3 is 10.2 Å². The van der Waals surface area contributed by atoms with E-state index in [2.05, 4.69) is 24.9 Å². The highest BCUT2D eigenvalue weighted by Gasteiger charge is 2.11. The number of hydrogen-bond donors (Lipinski definition) is 1. The highest BCUT2D eigenvalue weighted by Crippen LogP contribution is 2.24. The van der Waals surface area contributed by atoms with Crippen LogP contribution in [0.4, 0.5) is 0 Å². The molecule has 1 aromatic carbocycles. The fourth-order valence-corrected chi connectivity index (χ4v) is 1.66. The normalized spacial score (nSPS) is 11.5. The summed E-state index contributed by atoms with van der Waals surface area (Å²) in [6, 6.07) is 4.05. The van der Waals surface area contributed by atoms with Crippen LogP contribution in [0, 0.1) is 6.92 Å². The predicted molar refractivity (Wildman–Crippen MR) is 60.7 cm³/mol. The van der Waals surface area contributed by atoms with Gasteiger partial charge in [0.1, 0.15) is 5.52 Å². The molecule has 80 valence electrons. The number of fused-ring (bicyclic) bond motifs is 1. The van der Waals surface area contributed by atoms with E-state index in [-0.39, 0.29) is 0 Å². The van der Waals surface area contributed by atoms with Gasteiger partial charge in [0.25, 0.3) is 0 Å². The van der Waals surface area contributed by atoms with Crippen molar-refractivity contribution in [2.45, 2.75) is 33.2 Å². The maximum Gasteiger partial charge on any atom is 0.198 e. The monoisotopic (exact) mass is 204 g/mol. The average Bonchev–Trinajstić information content (AvgIpc) is 2.61. The van der Waals surface area contributed by atoms with Gasteiger partial charge in [-0.1, -0.05) is 19.9 Å². The summed E-state index contributed by atoms with van der Waals surface area (Å²) in [6.45, 7) is 6.71. The Kier molecular flexibility index (Phi) is 2.49. The Hall–Kier alpha value is -1.35. The Morgan fingerprint density at radius 1 is 1.40 bits per heavy atom. The van der Waals surface area contributed by atoms with Crippen molar-refractivity contribution in [2.75, 3.05) is 0 Å². The molecule has 0 aliphatic carbocycles. The van der Waals surface area contributed by atoms with Crippen LogP contribution in [0.1, 0.15) is 36.8 Å². The molecule has 2 rings (SSSR count). The van der Waals surface area contributed by atoms with Crippen molar-refractivity contribution in [2.24, 2.45) is 5.73 Å². The molecule has 15 heavy (non-hydrogen) atoms. The number of aryl methyl sites for hydroxylation is 1. The van der Waals surface area contributed by atoms with Crippen LogP contribution in [-0.4, -0.2) is 4.98 Å². The number of nitrogens with zero attached hydrogens (tertiary/aromatic N) is 1. The van der Waals surface area contributed by atoms with E-state index in [4.69, 9.17) is 10.2 Å². The van der Waals surface area contributed by atoms with E-state index in [1.807, 2.05) is 13.0 Å². The van der Waals surface area contributed by atoms with Gasteiger partial charge in [-0.3, -0.25) is 0 Å². The second kappa shape index (κ2) is 3.66. The van der Waals surface area contributed by atoms with Crippen LogP contribution < -0.4 is 5.73 Å². The van der Waals surface area contributed by atoms with Crippen molar-refractivity contribution in [3.63, 3.8) is 0 Å². The summed E-state index contributed by atoms with van der Waals surface area (Å²) in [5.74, 6) is 1.11. The first-order valence-electron chi connectivity index (χ1n) is 5.22. The Morgan fingerprint density at radius 2 is 2.13 bits per heavy atom. The summed E-state index contributed by atoms with van der Waals surface area (Å²) in [6.07, 6.45) is 0. The molecule has 0 spiro atoms. The van der Waals surface area contributed by atoms with Gasteiger partial charge in [0.2, 0.25) is 0 Å². The minimum Gasteiger partial charge on any atom is -0.440 e. The molecule has 0 saturated heterocycles. The van der Waals surface area contributed by atoms with Crippen molar-refractivity contribution in [1.29, 1.82) is 0 Å². The highest BCUT2D eigenvalue weighted by molar-refractivity contribution is 5.77. The molecule has 2 N–H and O–H groups in total. The lowest BCUT2D eigenvalue weighted by Crippen LogP contribution is -1.96. The Labute approximate surface area is 89.3 Å². The second-order valence-electron chi connectivity index (χ2n) is 4.17. The lowest BCUT2D eigenvalue weighted by molar-refractivity contribution is 0.500. The van der Waals surface area contributed by atoms with Crippen LogP contribution in [0.25, 0.3) is 11.1 Å². The van der Waals surface area contributed by atoms with E-state index in [1.54, 1.807) is 0 Å². The summed E-state index contributed by atoms with van der Waals surface area (Å²) >= 11 is 0. The molecule has 0 atom stereocenters. The van der Waals surface area contributed by atoms with Crippen LogP contribution in [0.15, 0.2) is 16.5 Å². The molecule has 1 heterocycles. The third kappa shape index (κ3) is 1.75. The molecule has 3 heteroatoms. The van der Waals surface area contributed by atoms with Crippen LogP contribution in [0.2, 0.25) is 0 Å². The van der Waals surface area contributed by atoms with Crippen LogP contribution in [-0.2, 0) is 6.54 Å². The Balaban J connectivity index is 2.64. The SMILES string of the molecule is Cc1cc(CN)cc2nc(C(C)C)oc12. The number of nitrogens with two attached hydrogens (primary N) is 1. The molecule has 0 aliphatic heterocycles. The fraction of sp³-hybridized carbons (Fsp3) is 0.417. The van der Waals surface area contributed by atoms with Gasteiger partial charge in [-0.05, 0) is 24.1 Å². The van der Waals surface area contributed by atoms with Gasteiger partial charge in [-0.15, -0.1) is 0 Å². The van der Waals surface area contributed by atoms with E-state index in [9.17, 15) is 0 Å². The first-order chi connectivity index (χ1) is 7.11. The van der Waals surface area contributed by atoms with Crippen LogP contribution in [0.5, 0.6) is 0 Å². The lowest BCUT2D eigenvalue weighted by atomic mass is 10.1. The zero-order chi connectivity index (χ0) is 11.0.